The van der Waals surface area contributed by atoms with Crippen LogP contribution in [0.15, 0.2) is 0 Å². The Morgan fingerprint density at radius 1 is 1.22 bits per heavy atom. The van der Waals surface area contributed by atoms with Crippen LogP contribution in [-0.2, 0) is 9.59 Å². The molecule has 5 heteroatoms. The quantitative estimate of drug-likeness (QED) is 0.739. The third kappa shape index (κ3) is 2.90. The van der Waals surface area contributed by atoms with Gasteiger partial charge >= 0.3 is 0 Å². The number of Topliss-reactive ketones (excluding diaryl/α,β-unsaturated/α-hetero) is 2. The van der Waals surface area contributed by atoms with Crippen LogP contribution in [0.5, 0.6) is 0 Å². The Balaban J connectivity index is 1.61. The predicted molar refractivity (Wildman–Crippen MR) is 105 cm³/mol. The number of aliphatic hydroxyl groups excluding tert-OH is 1. The molecule has 0 aliphatic heterocycles. The number of ketones is 2. The molecule has 4 saturated carbocycles. The number of thiocyanates is 1. The molecule has 4 fully saturated rings. The zero-order valence-electron chi connectivity index (χ0n) is 16.4. The minimum Gasteiger partial charge on any atom is -0.393 e. The summed E-state index contributed by atoms with van der Waals surface area (Å²) in [6.45, 7) is 4.49. The monoisotopic (exact) mass is 389 g/mol. The number of fused-ring (bicyclic) bond motifs is 5. The van der Waals surface area contributed by atoms with Crippen LogP contribution in [0, 0.1) is 51.1 Å². The molecule has 0 saturated heterocycles. The van der Waals surface area contributed by atoms with Crippen molar-refractivity contribution >= 4 is 23.3 Å². The molecule has 4 nitrogen and oxygen atoms in total. The van der Waals surface area contributed by atoms with Gasteiger partial charge in [0.2, 0.25) is 0 Å². The fraction of sp³-hybridized carbons (Fsp3) is 0.864. The van der Waals surface area contributed by atoms with Gasteiger partial charge in [0.15, 0.2) is 0 Å². The van der Waals surface area contributed by atoms with E-state index in [2.05, 4.69) is 13.8 Å². The van der Waals surface area contributed by atoms with E-state index in [0.717, 1.165) is 56.7 Å². The first-order chi connectivity index (χ1) is 12.8. The summed E-state index contributed by atoms with van der Waals surface area (Å²) in [6.07, 6.45) is 7.04. The van der Waals surface area contributed by atoms with Crippen molar-refractivity contribution in [1.29, 1.82) is 5.26 Å². The van der Waals surface area contributed by atoms with Crippen LogP contribution in [0.2, 0.25) is 0 Å². The van der Waals surface area contributed by atoms with Crippen LogP contribution in [-0.4, -0.2) is 28.5 Å². The Morgan fingerprint density at radius 2 is 2.00 bits per heavy atom. The van der Waals surface area contributed by atoms with E-state index >= 15 is 0 Å². The van der Waals surface area contributed by atoms with Gasteiger partial charge in [-0.05, 0) is 85.3 Å². The van der Waals surface area contributed by atoms with Crippen molar-refractivity contribution in [2.24, 2.45) is 40.4 Å². The summed E-state index contributed by atoms with van der Waals surface area (Å²) in [4.78, 5) is 26.2. The minimum atomic E-state index is -0.220. The Bertz CT molecular complexity index is 688. The molecule has 0 amide bonds. The van der Waals surface area contributed by atoms with E-state index in [1.54, 1.807) is 0 Å². The van der Waals surface area contributed by atoms with Crippen molar-refractivity contribution in [3.63, 3.8) is 0 Å². The molecule has 0 aromatic heterocycles. The fourth-order valence-corrected chi connectivity index (χ4v) is 8.19. The van der Waals surface area contributed by atoms with E-state index in [0.29, 0.717) is 30.0 Å². The molecule has 0 radical (unpaired) electrons. The smallest absolute Gasteiger partial charge is 0.147 e. The molecule has 0 aromatic rings. The van der Waals surface area contributed by atoms with Gasteiger partial charge < -0.3 is 5.11 Å². The van der Waals surface area contributed by atoms with Gasteiger partial charge in [-0.1, -0.05) is 13.8 Å². The van der Waals surface area contributed by atoms with E-state index in [1.165, 1.54) is 0 Å². The fourth-order valence-electron chi connectivity index (χ4n) is 7.78. The van der Waals surface area contributed by atoms with Gasteiger partial charge in [-0.3, -0.25) is 9.59 Å². The Morgan fingerprint density at radius 3 is 2.74 bits per heavy atom. The average molecular weight is 390 g/mol. The maximum absolute atomic E-state index is 13.5. The van der Waals surface area contributed by atoms with Crippen molar-refractivity contribution in [1.82, 2.24) is 0 Å². The Labute approximate surface area is 166 Å². The van der Waals surface area contributed by atoms with Crippen LogP contribution in [0.25, 0.3) is 0 Å². The van der Waals surface area contributed by atoms with Gasteiger partial charge in [0, 0.05) is 18.3 Å². The second-order valence-corrected chi connectivity index (χ2v) is 10.8. The number of carbonyl (C=O) groups is 2. The number of hydrogen-bond acceptors (Lipinski definition) is 5. The van der Waals surface area contributed by atoms with Gasteiger partial charge in [0.25, 0.3) is 0 Å². The summed E-state index contributed by atoms with van der Waals surface area (Å²) >= 11 is 1.03. The number of nitriles is 1. The zero-order valence-corrected chi connectivity index (χ0v) is 17.3. The van der Waals surface area contributed by atoms with Crippen LogP contribution < -0.4 is 0 Å². The molecule has 0 spiro atoms. The Kier molecular flexibility index (Phi) is 4.96. The molecule has 8 atom stereocenters. The highest BCUT2D eigenvalue weighted by molar-refractivity contribution is 8.04. The molecule has 4 rings (SSSR count). The molecule has 148 valence electrons. The standard InChI is InChI=1S/C22H31NO3S/c1-21-8-7-14(24)9-13(21)3-4-15-16-5-6-17(19(26)11-27-12-23)22(16,2)10-18(25)20(15)21/h13-17,20,24H,3-11H2,1-2H3/t13-,14+,15-,16-,17+,20+,21-,22-/m0/s1. The SMILES string of the molecule is C[C@]12CC[C@@H](O)C[C@@H]1CC[C@H]1[C@@H]3CC[C@H](C(=O)CSC#N)[C@@]3(C)CC(=O)[C@@H]12. The topological polar surface area (TPSA) is 78.2 Å². The van der Waals surface area contributed by atoms with Gasteiger partial charge in [-0.15, -0.1) is 0 Å². The van der Waals surface area contributed by atoms with Crippen molar-refractivity contribution in [3.05, 3.63) is 0 Å². The normalized spacial score (nSPS) is 48.9. The molecule has 1 N–H and O–H groups in total. The molecule has 0 bridgehead atoms. The maximum atomic E-state index is 13.5. The van der Waals surface area contributed by atoms with Crippen molar-refractivity contribution in [3.8, 4) is 5.40 Å². The first-order valence-electron chi connectivity index (χ1n) is 10.6. The summed E-state index contributed by atoms with van der Waals surface area (Å²) < 4.78 is 0. The number of aliphatic hydroxyl groups is 1. The average Bonchev–Trinajstić information content (AvgIpc) is 2.96. The second kappa shape index (κ2) is 6.88. The number of hydrogen-bond donors (Lipinski definition) is 1. The van der Waals surface area contributed by atoms with Crippen molar-refractivity contribution < 1.29 is 14.7 Å². The van der Waals surface area contributed by atoms with Gasteiger partial charge in [0.05, 0.1) is 11.9 Å². The molecule has 0 aromatic carbocycles. The molecular formula is C22H31NO3S. The third-order valence-electron chi connectivity index (χ3n) is 8.99. The first-order valence-corrected chi connectivity index (χ1v) is 11.5. The number of carbonyl (C=O) groups excluding carboxylic acids is 2. The third-order valence-corrected chi connectivity index (χ3v) is 9.55. The largest absolute Gasteiger partial charge is 0.393 e. The lowest BCUT2D eigenvalue weighted by Crippen LogP contribution is -2.58. The van der Waals surface area contributed by atoms with Gasteiger partial charge in [-0.25, -0.2) is 0 Å². The van der Waals surface area contributed by atoms with Crippen molar-refractivity contribution in [2.45, 2.75) is 71.3 Å². The molecule has 0 heterocycles. The van der Waals surface area contributed by atoms with Crippen LogP contribution in [0.4, 0.5) is 0 Å². The van der Waals surface area contributed by atoms with E-state index in [4.69, 9.17) is 5.26 Å². The van der Waals surface area contributed by atoms with Gasteiger partial charge in [0.1, 0.15) is 17.0 Å². The van der Waals surface area contributed by atoms with E-state index in [-0.39, 0.29) is 40.3 Å². The lowest BCUT2D eigenvalue weighted by molar-refractivity contribution is -0.162. The summed E-state index contributed by atoms with van der Waals surface area (Å²) in [7, 11) is 0. The molecular weight excluding hydrogens is 358 g/mol. The number of nitrogens with zero attached hydrogens (tertiary/aromatic N) is 1. The second-order valence-electron chi connectivity index (χ2n) is 10.1. The first kappa shape index (κ1) is 19.5. The van der Waals surface area contributed by atoms with E-state index < -0.39 is 0 Å². The highest BCUT2D eigenvalue weighted by Gasteiger charge is 2.63. The summed E-state index contributed by atoms with van der Waals surface area (Å²) in [5.41, 5.74) is -0.192. The lowest BCUT2D eigenvalue weighted by Gasteiger charge is -2.59. The number of thioether (sulfide) groups is 1. The predicted octanol–water partition coefficient (Wildman–Crippen LogP) is 3.97. The molecule has 4 aliphatic rings. The summed E-state index contributed by atoms with van der Waals surface area (Å²) in [5, 5.41) is 20.9. The van der Waals surface area contributed by atoms with E-state index in [9.17, 15) is 14.7 Å². The Hall–Kier alpha value is -0.860. The molecule has 0 unspecified atom stereocenters. The molecule has 4 aliphatic carbocycles. The highest BCUT2D eigenvalue weighted by atomic mass is 32.2. The number of rotatable bonds is 3. The summed E-state index contributed by atoms with van der Waals surface area (Å²) in [5.74, 6) is 2.15. The van der Waals surface area contributed by atoms with Crippen molar-refractivity contribution in [2.75, 3.05) is 5.75 Å². The summed E-state index contributed by atoms with van der Waals surface area (Å²) in [6, 6.07) is 0. The van der Waals surface area contributed by atoms with Crippen LogP contribution >= 0.6 is 11.8 Å². The molecule has 27 heavy (non-hydrogen) atoms. The van der Waals surface area contributed by atoms with Gasteiger partial charge in [-0.2, -0.15) is 5.26 Å². The maximum Gasteiger partial charge on any atom is 0.147 e. The lowest BCUT2D eigenvalue weighted by atomic mass is 9.44. The minimum absolute atomic E-state index is 0.0271. The van der Waals surface area contributed by atoms with Crippen LogP contribution in [0.1, 0.15) is 65.2 Å². The highest BCUT2D eigenvalue weighted by Crippen LogP contribution is 2.66. The van der Waals surface area contributed by atoms with Crippen LogP contribution in [0.3, 0.4) is 0 Å². The zero-order chi connectivity index (χ0) is 19.4. The van der Waals surface area contributed by atoms with E-state index in [1.807, 2.05) is 5.40 Å².